The van der Waals surface area contributed by atoms with E-state index in [9.17, 15) is 10.5 Å². The van der Waals surface area contributed by atoms with Crippen LogP contribution in [0.3, 0.4) is 0 Å². The average molecular weight is 508 g/mol. The molecular formula is C31H30ClN5. The van der Waals surface area contributed by atoms with E-state index in [1.165, 1.54) is 0 Å². The van der Waals surface area contributed by atoms with Gasteiger partial charge in [-0.25, -0.2) is 4.68 Å². The summed E-state index contributed by atoms with van der Waals surface area (Å²) in [7, 11) is 0. The summed E-state index contributed by atoms with van der Waals surface area (Å²) in [5.41, 5.74) is 4.13. The summed E-state index contributed by atoms with van der Waals surface area (Å²) in [6, 6.07) is 30.2. The molecule has 3 atom stereocenters. The van der Waals surface area contributed by atoms with Gasteiger partial charge in [-0.15, -0.1) is 0 Å². The molecule has 0 amide bonds. The molecule has 3 aromatic carbocycles. The molecule has 0 saturated heterocycles. The predicted octanol–water partition coefficient (Wildman–Crippen LogP) is 6.99. The SMILES string of the molecule is C[C@H](NC(c1cccc(-n2cccn2)c1)C(C)(C)C#N)[C@@H](Cc1ccc(Cl)cc1)c1cccc(C#N)c1. The maximum absolute atomic E-state index is 10.1. The molecular weight excluding hydrogens is 478 g/mol. The van der Waals surface area contributed by atoms with Crippen LogP contribution >= 0.6 is 11.6 Å². The maximum Gasteiger partial charge on any atom is 0.0991 e. The highest BCUT2D eigenvalue weighted by molar-refractivity contribution is 6.30. The zero-order valence-electron chi connectivity index (χ0n) is 21.3. The number of nitrogens with one attached hydrogen (secondary N) is 1. The van der Waals surface area contributed by atoms with Crippen LogP contribution in [0.15, 0.2) is 91.3 Å². The van der Waals surface area contributed by atoms with Gasteiger partial charge in [-0.3, -0.25) is 0 Å². The molecule has 0 aliphatic heterocycles. The van der Waals surface area contributed by atoms with Crippen molar-refractivity contribution in [2.45, 2.75) is 45.2 Å². The van der Waals surface area contributed by atoms with Crippen LogP contribution in [0.25, 0.3) is 5.69 Å². The molecule has 0 aliphatic carbocycles. The van der Waals surface area contributed by atoms with Gasteiger partial charge in [-0.1, -0.05) is 48.0 Å². The van der Waals surface area contributed by atoms with E-state index in [0.29, 0.717) is 10.6 Å². The molecule has 1 N–H and O–H groups in total. The van der Waals surface area contributed by atoms with Crippen molar-refractivity contribution in [1.29, 1.82) is 10.5 Å². The van der Waals surface area contributed by atoms with Gasteiger partial charge in [0.2, 0.25) is 0 Å². The Morgan fingerprint density at radius 2 is 1.70 bits per heavy atom. The summed E-state index contributed by atoms with van der Waals surface area (Å²) < 4.78 is 1.82. The van der Waals surface area contributed by atoms with Gasteiger partial charge in [0.05, 0.1) is 34.8 Å². The monoisotopic (exact) mass is 507 g/mol. The summed E-state index contributed by atoms with van der Waals surface area (Å²) >= 11 is 6.13. The molecule has 1 aromatic heterocycles. The fourth-order valence-electron chi connectivity index (χ4n) is 4.73. The first-order valence-electron chi connectivity index (χ1n) is 12.3. The van der Waals surface area contributed by atoms with Gasteiger partial charge < -0.3 is 5.32 Å². The topological polar surface area (TPSA) is 77.4 Å². The van der Waals surface area contributed by atoms with Gasteiger partial charge in [-0.2, -0.15) is 15.6 Å². The Morgan fingerprint density at radius 3 is 2.38 bits per heavy atom. The largest absolute Gasteiger partial charge is 0.305 e. The Labute approximate surface area is 223 Å². The number of aromatic nitrogens is 2. The van der Waals surface area contributed by atoms with Crippen molar-refractivity contribution in [3.63, 3.8) is 0 Å². The molecule has 0 bridgehead atoms. The third kappa shape index (κ3) is 6.27. The van der Waals surface area contributed by atoms with E-state index in [2.05, 4.69) is 47.7 Å². The van der Waals surface area contributed by atoms with Gasteiger partial charge >= 0.3 is 0 Å². The molecule has 37 heavy (non-hydrogen) atoms. The second-order valence-corrected chi connectivity index (χ2v) is 10.4. The minimum absolute atomic E-state index is 0.0180. The van der Waals surface area contributed by atoms with Gasteiger partial charge in [0.1, 0.15) is 0 Å². The fraction of sp³-hybridized carbons (Fsp3) is 0.258. The molecule has 1 unspecified atom stereocenters. The zero-order valence-corrected chi connectivity index (χ0v) is 22.0. The third-order valence-electron chi connectivity index (χ3n) is 6.83. The lowest BCUT2D eigenvalue weighted by Gasteiger charge is -2.36. The Hall–Kier alpha value is -3.90. The quantitative estimate of drug-likeness (QED) is 0.265. The minimum atomic E-state index is -0.684. The standard InChI is InChI=1S/C31H30ClN5/c1-22(29(18-23-11-13-27(32)14-12-23)25-8-4-7-24(17-25)20-33)36-30(31(2,3)21-34)26-9-5-10-28(19-26)37-16-6-15-35-37/h4-17,19,22,29-30,36H,18H2,1-3H3/t22-,29+,30?/m0/s1. The minimum Gasteiger partial charge on any atom is -0.305 e. The number of hydrogen-bond donors (Lipinski definition) is 1. The molecule has 0 radical (unpaired) electrons. The van der Waals surface area contributed by atoms with Crippen molar-refractivity contribution < 1.29 is 0 Å². The van der Waals surface area contributed by atoms with Crippen LogP contribution in [0.2, 0.25) is 5.02 Å². The maximum atomic E-state index is 10.1. The van der Waals surface area contributed by atoms with Crippen molar-refractivity contribution in [3.05, 3.63) is 119 Å². The van der Waals surface area contributed by atoms with Crippen LogP contribution in [-0.4, -0.2) is 15.8 Å². The van der Waals surface area contributed by atoms with Crippen molar-refractivity contribution >= 4 is 11.6 Å². The second-order valence-electron chi connectivity index (χ2n) is 9.94. The molecule has 0 fully saturated rings. The van der Waals surface area contributed by atoms with Crippen LogP contribution in [0.5, 0.6) is 0 Å². The van der Waals surface area contributed by atoms with Crippen molar-refractivity contribution in [1.82, 2.24) is 15.1 Å². The van der Waals surface area contributed by atoms with Gasteiger partial charge in [-0.05, 0) is 86.3 Å². The highest BCUT2D eigenvalue weighted by Gasteiger charge is 2.34. The Kier molecular flexibility index (Phi) is 8.09. The summed E-state index contributed by atoms with van der Waals surface area (Å²) in [6.45, 7) is 6.07. The number of hydrogen-bond acceptors (Lipinski definition) is 4. The summed E-state index contributed by atoms with van der Waals surface area (Å²) in [5.74, 6) is 0.0563. The first-order chi connectivity index (χ1) is 17.8. The second kappa shape index (κ2) is 11.4. The third-order valence-corrected chi connectivity index (χ3v) is 7.08. The normalized spacial score (nSPS) is 13.8. The number of nitriles is 2. The van der Waals surface area contributed by atoms with E-state index in [1.54, 1.807) is 6.20 Å². The summed E-state index contributed by atoms with van der Waals surface area (Å²) in [5, 5.41) is 28.5. The van der Waals surface area contributed by atoms with E-state index >= 15 is 0 Å². The molecule has 1 heterocycles. The Balaban J connectivity index is 1.71. The molecule has 0 spiro atoms. The number of nitrogens with zero attached hydrogens (tertiary/aromatic N) is 4. The smallest absolute Gasteiger partial charge is 0.0991 e. The first-order valence-corrected chi connectivity index (χ1v) is 12.7. The average Bonchev–Trinajstić information content (AvgIpc) is 3.46. The molecule has 6 heteroatoms. The van der Waals surface area contributed by atoms with Crippen LogP contribution in [-0.2, 0) is 6.42 Å². The van der Waals surface area contributed by atoms with Crippen molar-refractivity contribution in [2.24, 2.45) is 5.41 Å². The van der Waals surface area contributed by atoms with Gasteiger partial charge in [0.15, 0.2) is 0 Å². The predicted molar refractivity (Wildman–Crippen MR) is 147 cm³/mol. The van der Waals surface area contributed by atoms with Crippen LogP contribution in [0.1, 0.15) is 55.0 Å². The van der Waals surface area contributed by atoms with E-state index in [-0.39, 0.29) is 18.0 Å². The Bertz CT molecular complexity index is 1410. The summed E-state index contributed by atoms with van der Waals surface area (Å²) in [4.78, 5) is 0. The van der Waals surface area contributed by atoms with E-state index < -0.39 is 5.41 Å². The first kappa shape index (κ1) is 26.2. The molecule has 4 rings (SSSR count). The van der Waals surface area contributed by atoms with Crippen LogP contribution in [0, 0.1) is 28.1 Å². The van der Waals surface area contributed by atoms with Crippen LogP contribution < -0.4 is 5.32 Å². The number of rotatable bonds is 9. The van der Waals surface area contributed by atoms with Crippen molar-refractivity contribution in [2.75, 3.05) is 0 Å². The summed E-state index contributed by atoms with van der Waals surface area (Å²) in [6.07, 6.45) is 4.41. The number of benzene rings is 3. The lowest BCUT2D eigenvalue weighted by Crippen LogP contribution is -2.42. The molecule has 0 saturated carbocycles. The van der Waals surface area contributed by atoms with E-state index in [0.717, 1.165) is 28.8 Å². The molecule has 186 valence electrons. The van der Waals surface area contributed by atoms with E-state index in [4.69, 9.17) is 11.6 Å². The zero-order chi connectivity index (χ0) is 26.4. The molecule has 5 nitrogen and oxygen atoms in total. The Morgan fingerprint density at radius 1 is 0.973 bits per heavy atom. The van der Waals surface area contributed by atoms with Crippen LogP contribution in [0.4, 0.5) is 0 Å². The lowest BCUT2D eigenvalue weighted by atomic mass is 9.79. The molecule has 0 aliphatic rings. The lowest BCUT2D eigenvalue weighted by molar-refractivity contribution is 0.281. The highest BCUT2D eigenvalue weighted by atomic mass is 35.5. The van der Waals surface area contributed by atoms with E-state index in [1.807, 2.05) is 85.4 Å². The number of halogens is 1. The van der Waals surface area contributed by atoms with Gasteiger partial charge in [0, 0.05) is 29.4 Å². The molecule has 4 aromatic rings. The van der Waals surface area contributed by atoms with Crippen molar-refractivity contribution in [3.8, 4) is 17.8 Å². The highest BCUT2D eigenvalue weighted by Crippen LogP contribution is 2.36. The van der Waals surface area contributed by atoms with Gasteiger partial charge in [0.25, 0.3) is 0 Å². The fourth-order valence-corrected chi connectivity index (χ4v) is 4.86.